The summed E-state index contributed by atoms with van der Waals surface area (Å²) in [4.78, 5) is 10.1. The van der Waals surface area contributed by atoms with Gasteiger partial charge >= 0.3 is 0 Å². The summed E-state index contributed by atoms with van der Waals surface area (Å²) in [6.07, 6.45) is 6.59. The van der Waals surface area contributed by atoms with Gasteiger partial charge in [0.2, 0.25) is 0 Å². The van der Waals surface area contributed by atoms with Gasteiger partial charge in [0.15, 0.2) is 5.96 Å². The van der Waals surface area contributed by atoms with Crippen molar-refractivity contribution in [3.63, 3.8) is 0 Å². The van der Waals surface area contributed by atoms with Crippen molar-refractivity contribution >= 4 is 5.96 Å². The van der Waals surface area contributed by atoms with Crippen LogP contribution in [0.2, 0.25) is 0 Å². The zero-order valence-corrected chi connectivity index (χ0v) is 17.2. The Morgan fingerprint density at radius 2 is 2.00 bits per heavy atom. The van der Waals surface area contributed by atoms with Crippen LogP contribution in [0.15, 0.2) is 4.99 Å². The summed E-state index contributed by atoms with van der Waals surface area (Å²) in [5.74, 6) is 0.993. The van der Waals surface area contributed by atoms with Gasteiger partial charge in [0.05, 0.1) is 19.8 Å². The number of rotatable bonds is 5. The number of nitrogens with one attached hydrogen (secondary N) is 2. The Bertz CT molecular complexity index is 457. The molecule has 4 unspecified atom stereocenters. The second-order valence-electron chi connectivity index (χ2n) is 8.45. The zero-order valence-electron chi connectivity index (χ0n) is 17.2. The number of aliphatic imine (C=N–C) groups is 1. The lowest BCUT2D eigenvalue weighted by Gasteiger charge is -2.47. The van der Waals surface area contributed by atoms with Gasteiger partial charge in [-0.05, 0) is 53.5 Å². The molecule has 0 aromatic rings. The van der Waals surface area contributed by atoms with E-state index in [4.69, 9.17) is 9.73 Å². The maximum absolute atomic E-state index is 5.57. The molecule has 3 rings (SSSR count). The number of piperidine rings is 2. The van der Waals surface area contributed by atoms with Crippen LogP contribution in [0.5, 0.6) is 0 Å². The van der Waals surface area contributed by atoms with E-state index >= 15 is 0 Å². The molecule has 2 N–H and O–H groups in total. The molecule has 0 radical (unpaired) electrons. The normalized spacial score (nSPS) is 35.2. The number of hydrogen-bond donors (Lipinski definition) is 2. The first-order valence-electron chi connectivity index (χ1n) is 10.7. The molecular formula is C20H39N5O. The molecule has 3 fully saturated rings. The number of guanidine groups is 1. The van der Waals surface area contributed by atoms with Crippen LogP contribution in [0, 0.1) is 0 Å². The third-order valence-electron chi connectivity index (χ3n) is 6.52. The van der Waals surface area contributed by atoms with E-state index in [1.807, 2.05) is 0 Å². The first-order valence-corrected chi connectivity index (χ1v) is 10.7. The topological polar surface area (TPSA) is 52.1 Å². The maximum atomic E-state index is 5.57. The highest BCUT2D eigenvalue weighted by molar-refractivity contribution is 5.80. The molecule has 2 bridgehead atoms. The second-order valence-corrected chi connectivity index (χ2v) is 8.45. The van der Waals surface area contributed by atoms with Gasteiger partial charge in [0, 0.05) is 43.3 Å². The first-order chi connectivity index (χ1) is 12.6. The molecule has 0 aromatic carbocycles. The van der Waals surface area contributed by atoms with Crippen molar-refractivity contribution in [2.45, 2.75) is 83.1 Å². The van der Waals surface area contributed by atoms with E-state index in [9.17, 15) is 0 Å². The van der Waals surface area contributed by atoms with E-state index in [2.05, 4.69) is 48.3 Å². The van der Waals surface area contributed by atoms with Crippen LogP contribution in [0.3, 0.4) is 0 Å². The van der Waals surface area contributed by atoms with Crippen molar-refractivity contribution < 1.29 is 4.74 Å². The largest absolute Gasteiger partial charge is 0.379 e. The van der Waals surface area contributed by atoms with E-state index in [-0.39, 0.29) is 0 Å². The van der Waals surface area contributed by atoms with Crippen LogP contribution in [0.25, 0.3) is 0 Å². The highest BCUT2D eigenvalue weighted by Gasteiger charge is 2.36. The van der Waals surface area contributed by atoms with Crippen molar-refractivity contribution in [1.82, 2.24) is 20.4 Å². The molecule has 3 saturated heterocycles. The van der Waals surface area contributed by atoms with Gasteiger partial charge in [-0.1, -0.05) is 6.42 Å². The summed E-state index contributed by atoms with van der Waals surface area (Å²) in [5.41, 5.74) is 0. The predicted molar refractivity (Wildman–Crippen MR) is 108 cm³/mol. The Hall–Kier alpha value is -0.850. The van der Waals surface area contributed by atoms with Gasteiger partial charge in [0.25, 0.3) is 0 Å². The molecule has 0 saturated carbocycles. The molecule has 3 aliphatic rings. The number of hydrogen-bond acceptors (Lipinski definition) is 4. The Morgan fingerprint density at radius 1 is 1.27 bits per heavy atom. The Kier molecular flexibility index (Phi) is 7.18. The quantitative estimate of drug-likeness (QED) is 0.573. The van der Waals surface area contributed by atoms with Gasteiger partial charge < -0.3 is 20.3 Å². The van der Waals surface area contributed by atoms with Crippen LogP contribution in [-0.2, 0) is 4.74 Å². The molecule has 150 valence electrons. The van der Waals surface area contributed by atoms with E-state index in [1.54, 1.807) is 0 Å². The number of ether oxygens (including phenoxy) is 1. The summed E-state index contributed by atoms with van der Waals surface area (Å²) in [7, 11) is 2.31. The second kappa shape index (κ2) is 9.38. The average molecular weight is 366 g/mol. The summed E-state index contributed by atoms with van der Waals surface area (Å²) < 4.78 is 5.57. The van der Waals surface area contributed by atoms with Crippen LogP contribution in [-0.4, -0.2) is 85.9 Å². The molecule has 3 aliphatic heterocycles. The minimum absolute atomic E-state index is 0.446. The number of fused-ring (bicyclic) bond motifs is 2. The van der Waals surface area contributed by atoms with Crippen LogP contribution in [0.4, 0.5) is 0 Å². The van der Waals surface area contributed by atoms with Crippen molar-refractivity contribution in [1.29, 1.82) is 0 Å². The zero-order chi connectivity index (χ0) is 18.5. The van der Waals surface area contributed by atoms with Gasteiger partial charge in [-0.25, -0.2) is 0 Å². The molecule has 0 aromatic heterocycles. The Balaban J connectivity index is 1.55. The molecule has 4 atom stereocenters. The van der Waals surface area contributed by atoms with Gasteiger partial charge in [-0.2, -0.15) is 0 Å². The lowest BCUT2D eigenvalue weighted by Crippen LogP contribution is -2.56. The summed E-state index contributed by atoms with van der Waals surface area (Å²) in [6, 6.07) is 2.97. The summed E-state index contributed by atoms with van der Waals surface area (Å²) in [6.45, 7) is 11.1. The monoisotopic (exact) mass is 365 g/mol. The van der Waals surface area contributed by atoms with Crippen LogP contribution < -0.4 is 10.6 Å². The number of nitrogens with zero attached hydrogens (tertiary/aromatic N) is 3. The maximum Gasteiger partial charge on any atom is 0.191 e. The fraction of sp³-hybridized carbons (Fsp3) is 0.950. The van der Waals surface area contributed by atoms with Gasteiger partial charge in [-0.3, -0.25) is 9.89 Å². The third kappa shape index (κ3) is 4.90. The fourth-order valence-electron chi connectivity index (χ4n) is 4.97. The lowest BCUT2D eigenvalue weighted by atomic mass is 9.82. The minimum Gasteiger partial charge on any atom is -0.379 e. The van der Waals surface area contributed by atoms with Crippen LogP contribution >= 0.6 is 0 Å². The molecule has 26 heavy (non-hydrogen) atoms. The highest BCUT2D eigenvalue weighted by Crippen LogP contribution is 2.32. The van der Waals surface area contributed by atoms with Crippen molar-refractivity contribution in [3.8, 4) is 0 Å². The average Bonchev–Trinajstić information content (AvgIpc) is 2.61. The Labute approximate surface area is 159 Å². The van der Waals surface area contributed by atoms with Crippen molar-refractivity contribution in [2.24, 2.45) is 4.99 Å². The standard InChI is InChI=1S/C20H39N5O/c1-5-21-20(22-13-15(2)25-9-10-26-14-16(25)3)23-17-11-18-7-6-8-19(12-17)24(18)4/h15-19H,5-14H2,1-4H3,(H2,21,22,23). The van der Waals surface area contributed by atoms with Crippen molar-refractivity contribution in [2.75, 3.05) is 39.9 Å². The summed E-state index contributed by atoms with van der Waals surface area (Å²) in [5, 5.41) is 7.20. The van der Waals surface area contributed by atoms with E-state index in [0.29, 0.717) is 18.1 Å². The first kappa shape index (κ1) is 19.9. The Morgan fingerprint density at radius 3 is 2.65 bits per heavy atom. The molecular weight excluding hydrogens is 326 g/mol. The molecule has 0 spiro atoms. The van der Waals surface area contributed by atoms with Gasteiger partial charge in [-0.15, -0.1) is 0 Å². The molecule has 6 nitrogen and oxygen atoms in total. The fourth-order valence-corrected chi connectivity index (χ4v) is 4.97. The van der Waals surface area contributed by atoms with E-state index < -0.39 is 0 Å². The van der Waals surface area contributed by atoms with E-state index in [1.165, 1.54) is 32.1 Å². The molecule has 3 heterocycles. The molecule has 0 amide bonds. The SMILES string of the molecule is CCNC(=NCC(C)N1CCOCC1C)NC1CC2CCCC(C1)N2C. The summed E-state index contributed by atoms with van der Waals surface area (Å²) >= 11 is 0. The molecule has 6 heteroatoms. The van der Waals surface area contributed by atoms with E-state index in [0.717, 1.165) is 50.9 Å². The highest BCUT2D eigenvalue weighted by atomic mass is 16.5. The number of morpholine rings is 1. The minimum atomic E-state index is 0.446. The van der Waals surface area contributed by atoms with Crippen LogP contribution in [0.1, 0.15) is 52.9 Å². The smallest absolute Gasteiger partial charge is 0.191 e. The third-order valence-corrected chi connectivity index (χ3v) is 6.52. The molecule has 0 aliphatic carbocycles. The lowest BCUT2D eigenvalue weighted by molar-refractivity contribution is -0.0166. The predicted octanol–water partition coefficient (Wildman–Crippen LogP) is 1.67. The van der Waals surface area contributed by atoms with Gasteiger partial charge in [0.1, 0.15) is 0 Å². The van der Waals surface area contributed by atoms with Crippen molar-refractivity contribution in [3.05, 3.63) is 0 Å².